The van der Waals surface area contributed by atoms with Gasteiger partial charge in [-0.15, -0.1) is 0 Å². The van der Waals surface area contributed by atoms with Crippen LogP contribution in [0.3, 0.4) is 0 Å². The number of nitrogens with one attached hydrogen (secondary N) is 2. The summed E-state index contributed by atoms with van der Waals surface area (Å²) in [5, 5.41) is 13.9. The van der Waals surface area contributed by atoms with Gasteiger partial charge in [-0.25, -0.2) is 9.78 Å². The van der Waals surface area contributed by atoms with Gasteiger partial charge in [-0.2, -0.15) is 4.98 Å². The number of rotatable bonds is 6. The van der Waals surface area contributed by atoms with Gasteiger partial charge in [0.2, 0.25) is 5.95 Å². The Morgan fingerprint density at radius 3 is 3.04 bits per heavy atom. The molecule has 7 nitrogen and oxygen atoms in total. The number of aliphatic carboxylic acids is 1. The van der Waals surface area contributed by atoms with E-state index in [1.165, 1.54) is 0 Å². The van der Waals surface area contributed by atoms with Crippen LogP contribution in [-0.4, -0.2) is 38.6 Å². The number of benzene rings is 1. The normalized spacial score (nSPS) is 16.8. The highest BCUT2D eigenvalue weighted by Gasteiger charge is 2.31. The summed E-state index contributed by atoms with van der Waals surface area (Å²) >= 11 is 0. The van der Waals surface area contributed by atoms with Crippen LogP contribution in [-0.2, 0) is 11.2 Å². The van der Waals surface area contributed by atoms with E-state index in [0.29, 0.717) is 24.7 Å². The lowest BCUT2D eigenvalue weighted by molar-refractivity contribution is -0.138. The Bertz CT molecular complexity index is 968. The van der Waals surface area contributed by atoms with Crippen molar-refractivity contribution in [2.75, 3.05) is 16.8 Å². The molecule has 3 N–H and O–H groups in total. The van der Waals surface area contributed by atoms with E-state index in [4.69, 9.17) is 0 Å². The maximum Gasteiger partial charge on any atom is 0.326 e. The molecule has 1 unspecified atom stereocenters. The standard InChI is InChI=1S/C20H23N5O2/c1-2-4-14-12-18(25-10-3-5-17(25)19(26)27)24-20(22-14)23-15-7-6-13-8-9-21-16(13)11-15/h6-9,11-12,17,21H,2-5,10H2,1H3,(H,26,27)(H,22,23,24). The number of carbonyl (C=O) groups is 1. The first-order valence-electron chi connectivity index (χ1n) is 9.35. The van der Waals surface area contributed by atoms with E-state index in [0.717, 1.165) is 41.5 Å². The molecular weight excluding hydrogens is 342 g/mol. The molecule has 1 saturated heterocycles. The zero-order chi connectivity index (χ0) is 18.8. The number of aromatic amines is 1. The van der Waals surface area contributed by atoms with Crippen LogP contribution in [0.2, 0.25) is 0 Å². The van der Waals surface area contributed by atoms with Crippen molar-refractivity contribution in [2.45, 2.75) is 38.6 Å². The van der Waals surface area contributed by atoms with Gasteiger partial charge in [-0.05, 0) is 42.8 Å². The third kappa shape index (κ3) is 3.58. The summed E-state index contributed by atoms with van der Waals surface area (Å²) in [5.74, 6) is 0.384. The number of aromatic nitrogens is 3. The van der Waals surface area contributed by atoms with Gasteiger partial charge in [-0.3, -0.25) is 0 Å². The molecule has 0 aliphatic carbocycles. The maximum atomic E-state index is 11.6. The van der Waals surface area contributed by atoms with Crippen LogP contribution in [0.1, 0.15) is 31.9 Å². The first-order valence-corrected chi connectivity index (χ1v) is 9.35. The molecule has 0 bridgehead atoms. The Morgan fingerprint density at radius 2 is 2.22 bits per heavy atom. The minimum Gasteiger partial charge on any atom is -0.480 e. The second kappa shape index (κ2) is 7.26. The summed E-state index contributed by atoms with van der Waals surface area (Å²) in [6.07, 6.45) is 5.20. The lowest BCUT2D eigenvalue weighted by atomic mass is 10.2. The first kappa shape index (κ1) is 17.3. The summed E-state index contributed by atoms with van der Waals surface area (Å²) < 4.78 is 0. The summed E-state index contributed by atoms with van der Waals surface area (Å²) in [7, 11) is 0. The number of anilines is 3. The molecule has 7 heteroatoms. The molecule has 1 aliphatic rings. The Kier molecular flexibility index (Phi) is 4.66. The van der Waals surface area contributed by atoms with E-state index in [9.17, 15) is 9.90 Å². The van der Waals surface area contributed by atoms with Crippen molar-refractivity contribution in [3.8, 4) is 0 Å². The van der Waals surface area contributed by atoms with E-state index in [1.54, 1.807) is 0 Å². The summed E-state index contributed by atoms with van der Waals surface area (Å²) in [4.78, 5) is 25.9. The molecule has 1 aliphatic heterocycles. The molecule has 0 radical (unpaired) electrons. The Labute approximate surface area is 157 Å². The molecular formula is C20H23N5O2. The van der Waals surface area contributed by atoms with Crippen molar-refractivity contribution in [1.82, 2.24) is 15.0 Å². The van der Waals surface area contributed by atoms with Crippen LogP contribution in [0.25, 0.3) is 10.9 Å². The number of H-pyrrole nitrogens is 1. The fourth-order valence-electron chi connectivity index (χ4n) is 3.62. The molecule has 0 spiro atoms. The molecule has 0 saturated carbocycles. The van der Waals surface area contributed by atoms with E-state index in [-0.39, 0.29) is 0 Å². The fourth-order valence-corrected chi connectivity index (χ4v) is 3.62. The molecule has 3 aromatic rings. The van der Waals surface area contributed by atoms with Crippen molar-refractivity contribution >= 4 is 34.3 Å². The van der Waals surface area contributed by atoms with Crippen LogP contribution in [0, 0.1) is 0 Å². The largest absolute Gasteiger partial charge is 0.480 e. The predicted octanol–water partition coefficient (Wildman–Crippen LogP) is 3.71. The number of carboxylic acids is 1. The molecule has 27 heavy (non-hydrogen) atoms. The summed E-state index contributed by atoms with van der Waals surface area (Å²) in [5.41, 5.74) is 2.85. The van der Waals surface area contributed by atoms with Gasteiger partial charge in [0.1, 0.15) is 11.9 Å². The lowest BCUT2D eigenvalue weighted by Crippen LogP contribution is -2.36. The highest BCUT2D eigenvalue weighted by molar-refractivity contribution is 5.83. The SMILES string of the molecule is CCCc1cc(N2CCCC2C(=O)O)nc(Nc2ccc3cc[nH]c3c2)n1. The van der Waals surface area contributed by atoms with Crippen LogP contribution in [0.5, 0.6) is 0 Å². The van der Waals surface area contributed by atoms with Gasteiger partial charge in [0.25, 0.3) is 0 Å². The highest BCUT2D eigenvalue weighted by Crippen LogP contribution is 2.27. The van der Waals surface area contributed by atoms with Gasteiger partial charge in [0.05, 0.1) is 0 Å². The Hall–Kier alpha value is -3.09. The number of nitrogens with zero attached hydrogens (tertiary/aromatic N) is 3. The third-order valence-corrected chi connectivity index (χ3v) is 4.92. The van der Waals surface area contributed by atoms with E-state index >= 15 is 0 Å². The number of hydrogen-bond donors (Lipinski definition) is 3. The smallest absolute Gasteiger partial charge is 0.326 e. The minimum absolute atomic E-state index is 0.498. The lowest BCUT2D eigenvalue weighted by Gasteiger charge is -2.23. The average Bonchev–Trinajstić information content (AvgIpc) is 3.31. The quantitative estimate of drug-likeness (QED) is 0.616. The Balaban J connectivity index is 1.67. The minimum atomic E-state index is -0.796. The van der Waals surface area contributed by atoms with Crippen molar-refractivity contribution in [3.05, 3.63) is 42.2 Å². The van der Waals surface area contributed by atoms with Gasteiger partial charge >= 0.3 is 5.97 Å². The third-order valence-electron chi connectivity index (χ3n) is 4.92. The van der Waals surface area contributed by atoms with E-state index in [2.05, 4.69) is 27.2 Å². The Morgan fingerprint density at radius 1 is 1.33 bits per heavy atom. The van der Waals surface area contributed by atoms with Crippen LogP contribution >= 0.6 is 0 Å². The predicted molar refractivity (Wildman–Crippen MR) is 106 cm³/mol. The second-order valence-corrected chi connectivity index (χ2v) is 6.89. The molecule has 1 fully saturated rings. The van der Waals surface area contributed by atoms with Crippen LogP contribution < -0.4 is 10.2 Å². The van der Waals surface area contributed by atoms with Crippen molar-refractivity contribution in [3.63, 3.8) is 0 Å². The van der Waals surface area contributed by atoms with E-state index in [1.807, 2.05) is 41.4 Å². The van der Waals surface area contributed by atoms with Crippen LogP contribution in [0.4, 0.5) is 17.5 Å². The molecule has 0 amide bonds. The number of aryl methyl sites for hydroxylation is 1. The van der Waals surface area contributed by atoms with Crippen molar-refractivity contribution in [2.24, 2.45) is 0 Å². The monoisotopic (exact) mass is 365 g/mol. The second-order valence-electron chi connectivity index (χ2n) is 6.89. The maximum absolute atomic E-state index is 11.6. The number of fused-ring (bicyclic) bond motifs is 1. The first-order chi connectivity index (χ1) is 13.1. The molecule has 1 atom stereocenters. The summed E-state index contributed by atoms with van der Waals surface area (Å²) in [6, 6.07) is 9.46. The van der Waals surface area contributed by atoms with Gasteiger partial charge in [-0.1, -0.05) is 19.4 Å². The molecule has 2 aromatic heterocycles. The number of carboxylic acid groups (broad SMARTS) is 1. The van der Waals surface area contributed by atoms with Crippen LogP contribution in [0.15, 0.2) is 36.5 Å². The zero-order valence-corrected chi connectivity index (χ0v) is 15.3. The number of hydrogen-bond acceptors (Lipinski definition) is 5. The van der Waals surface area contributed by atoms with Crippen molar-refractivity contribution < 1.29 is 9.90 Å². The topological polar surface area (TPSA) is 94.1 Å². The highest BCUT2D eigenvalue weighted by atomic mass is 16.4. The molecule has 1 aromatic carbocycles. The van der Waals surface area contributed by atoms with E-state index < -0.39 is 12.0 Å². The molecule has 3 heterocycles. The molecule has 4 rings (SSSR count). The van der Waals surface area contributed by atoms with Crippen molar-refractivity contribution in [1.29, 1.82) is 0 Å². The fraction of sp³-hybridized carbons (Fsp3) is 0.350. The summed E-state index contributed by atoms with van der Waals surface area (Å²) in [6.45, 7) is 2.80. The average molecular weight is 365 g/mol. The van der Waals surface area contributed by atoms with Gasteiger partial charge in [0, 0.05) is 35.7 Å². The molecule has 140 valence electrons. The zero-order valence-electron chi connectivity index (χ0n) is 15.3. The van der Waals surface area contributed by atoms with Gasteiger partial charge in [0.15, 0.2) is 0 Å². The van der Waals surface area contributed by atoms with Gasteiger partial charge < -0.3 is 20.3 Å².